The summed E-state index contributed by atoms with van der Waals surface area (Å²) in [6.45, 7) is 11.9. The van der Waals surface area contributed by atoms with Gasteiger partial charge in [-0.3, -0.25) is 0 Å². The predicted octanol–water partition coefficient (Wildman–Crippen LogP) is 4.64. The van der Waals surface area contributed by atoms with Crippen molar-refractivity contribution in [1.82, 2.24) is 4.90 Å². The molecule has 0 spiro atoms. The summed E-state index contributed by atoms with van der Waals surface area (Å²) < 4.78 is 16.0. The summed E-state index contributed by atoms with van der Waals surface area (Å²) in [6, 6.07) is 0. The summed E-state index contributed by atoms with van der Waals surface area (Å²) in [6.07, 6.45) is -1.59. The van der Waals surface area contributed by atoms with E-state index >= 15 is 0 Å². The lowest BCUT2D eigenvalue weighted by Crippen LogP contribution is -2.55. The van der Waals surface area contributed by atoms with Crippen molar-refractivity contribution in [2.75, 3.05) is 11.9 Å². The van der Waals surface area contributed by atoms with Gasteiger partial charge in [0.05, 0.1) is 6.61 Å². The van der Waals surface area contributed by atoms with Crippen LogP contribution in [0.25, 0.3) is 0 Å². The Morgan fingerprint density at radius 3 is 1.85 bits per heavy atom. The molecule has 0 heterocycles. The second kappa shape index (κ2) is 8.68. The topological polar surface area (TPSA) is 82.1 Å². The summed E-state index contributed by atoms with van der Waals surface area (Å²) in [5, 5.41) is 0.537. The van der Waals surface area contributed by atoms with Crippen molar-refractivity contribution in [1.29, 1.82) is 0 Å². The largest absolute Gasteiger partial charge is 0.464 e. The number of alkyl halides is 2. The van der Waals surface area contributed by atoms with Gasteiger partial charge in [-0.1, -0.05) is 31.9 Å². The van der Waals surface area contributed by atoms with Gasteiger partial charge in [0.1, 0.15) is 11.2 Å². The second-order valence-electron chi connectivity index (χ2n) is 8.42. The zero-order valence-electron chi connectivity index (χ0n) is 16.9. The lowest BCUT2D eigenvalue weighted by atomic mass is 10.1. The minimum absolute atomic E-state index is 0.130. The van der Waals surface area contributed by atoms with Crippen molar-refractivity contribution >= 4 is 50.0 Å². The number of nitrogens with zero attached hydrogens (tertiary/aromatic N) is 1. The molecule has 0 aliphatic heterocycles. The van der Waals surface area contributed by atoms with Gasteiger partial charge in [0, 0.05) is 16.1 Å². The van der Waals surface area contributed by atoms with Gasteiger partial charge >= 0.3 is 18.2 Å². The fourth-order valence-electron chi connectivity index (χ4n) is 2.67. The second-order valence-corrected chi connectivity index (χ2v) is 10.2. The number of rotatable bonds is 5. The van der Waals surface area contributed by atoms with Crippen LogP contribution in [0, 0.1) is 5.92 Å². The molecule has 7 nitrogen and oxygen atoms in total. The Labute approximate surface area is 177 Å². The van der Waals surface area contributed by atoms with Crippen LogP contribution >= 0.6 is 31.9 Å². The van der Waals surface area contributed by atoms with Crippen LogP contribution in [0.2, 0.25) is 0 Å². The molecule has 1 aliphatic rings. The van der Waals surface area contributed by atoms with E-state index in [1.165, 1.54) is 0 Å². The molecule has 0 N–H and O–H groups in total. The van der Waals surface area contributed by atoms with E-state index in [0.29, 0.717) is 5.33 Å². The molecule has 1 fully saturated rings. The van der Waals surface area contributed by atoms with E-state index in [1.807, 2.05) is 0 Å². The highest BCUT2D eigenvalue weighted by atomic mass is 79.9. The van der Waals surface area contributed by atoms with Crippen LogP contribution in [0.5, 0.6) is 0 Å². The quantitative estimate of drug-likeness (QED) is 0.302. The summed E-state index contributed by atoms with van der Waals surface area (Å²) >= 11 is 6.87. The van der Waals surface area contributed by atoms with Crippen LogP contribution in [0.1, 0.15) is 54.9 Å². The standard InChI is InChI=1S/C18H29Br2NO6/c1-8-25-13(22)18(9-11(18)12(20)10-19)21(14(23)26-16(2,3)4)15(24)27-17(5,6)7/h11-12H,8-10H2,1-7H3/t11-,12?,18+/m0/s1. The summed E-state index contributed by atoms with van der Waals surface area (Å²) in [5.41, 5.74) is -3.15. The fraction of sp³-hybridized carbons (Fsp3) is 0.833. The van der Waals surface area contributed by atoms with Crippen LogP contribution in [-0.2, 0) is 19.0 Å². The summed E-state index contributed by atoms with van der Waals surface area (Å²) in [4.78, 5) is 39.3. The molecule has 1 saturated carbocycles. The number of halogens is 2. The third-order valence-corrected chi connectivity index (χ3v) is 6.28. The molecular weight excluding hydrogens is 486 g/mol. The minimum atomic E-state index is -1.46. The SMILES string of the molecule is CCOC(=O)[C@@]1(N(C(=O)OC(C)(C)C)C(=O)OC(C)(C)C)C[C@H]1C(Br)CBr. The molecule has 0 aromatic rings. The number of ether oxygens (including phenoxy) is 3. The van der Waals surface area contributed by atoms with Crippen LogP contribution in [0.4, 0.5) is 9.59 Å². The third kappa shape index (κ3) is 6.07. The molecule has 27 heavy (non-hydrogen) atoms. The Balaban J connectivity index is 3.37. The van der Waals surface area contributed by atoms with Gasteiger partial charge in [-0.25, -0.2) is 14.4 Å². The predicted molar refractivity (Wildman–Crippen MR) is 108 cm³/mol. The first kappa shape index (κ1) is 24.2. The molecular formula is C18H29Br2NO6. The lowest BCUT2D eigenvalue weighted by molar-refractivity contribution is -0.151. The van der Waals surface area contributed by atoms with Gasteiger partial charge < -0.3 is 14.2 Å². The first-order valence-corrected chi connectivity index (χ1v) is 10.9. The highest BCUT2D eigenvalue weighted by molar-refractivity contribution is 9.12. The lowest BCUT2D eigenvalue weighted by Gasteiger charge is -2.33. The van der Waals surface area contributed by atoms with Crippen molar-refractivity contribution in [3.05, 3.63) is 0 Å². The number of amides is 2. The number of esters is 1. The van der Waals surface area contributed by atoms with E-state index in [0.717, 1.165) is 4.90 Å². The number of imide groups is 1. The van der Waals surface area contributed by atoms with E-state index in [-0.39, 0.29) is 23.8 Å². The Morgan fingerprint density at radius 1 is 1.07 bits per heavy atom. The summed E-state index contributed by atoms with van der Waals surface area (Å²) in [5.74, 6) is -0.965. The molecule has 0 aromatic heterocycles. The number of hydrogen-bond acceptors (Lipinski definition) is 6. The molecule has 0 saturated heterocycles. The minimum Gasteiger partial charge on any atom is -0.464 e. The maximum Gasteiger partial charge on any atom is 0.420 e. The number of carbonyl (C=O) groups is 3. The van der Waals surface area contributed by atoms with Crippen molar-refractivity contribution in [3.8, 4) is 0 Å². The fourth-order valence-corrected chi connectivity index (χ4v) is 3.74. The van der Waals surface area contributed by atoms with Gasteiger partial charge in [-0.2, -0.15) is 4.90 Å². The van der Waals surface area contributed by atoms with Crippen molar-refractivity contribution in [2.45, 2.75) is 76.5 Å². The molecule has 1 rings (SSSR count). The van der Waals surface area contributed by atoms with Gasteiger partial charge in [-0.15, -0.1) is 0 Å². The van der Waals surface area contributed by atoms with Gasteiger partial charge in [0.2, 0.25) is 0 Å². The van der Waals surface area contributed by atoms with E-state index in [1.54, 1.807) is 48.5 Å². The molecule has 0 bridgehead atoms. The van der Waals surface area contributed by atoms with Crippen LogP contribution in [-0.4, -0.2) is 56.6 Å². The van der Waals surface area contributed by atoms with E-state index in [4.69, 9.17) is 14.2 Å². The highest BCUT2D eigenvalue weighted by Gasteiger charge is 2.71. The van der Waals surface area contributed by atoms with Crippen LogP contribution in [0.3, 0.4) is 0 Å². The Kier molecular flexibility index (Phi) is 7.78. The van der Waals surface area contributed by atoms with E-state index < -0.39 is 34.9 Å². The molecule has 3 atom stereocenters. The van der Waals surface area contributed by atoms with Gasteiger partial charge in [0.25, 0.3) is 0 Å². The van der Waals surface area contributed by atoms with E-state index in [9.17, 15) is 14.4 Å². The van der Waals surface area contributed by atoms with Gasteiger partial charge in [0.15, 0.2) is 5.54 Å². The first-order chi connectivity index (χ1) is 12.2. The highest BCUT2D eigenvalue weighted by Crippen LogP contribution is 2.54. The first-order valence-electron chi connectivity index (χ1n) is 8.83. The van der Waals surface area contributed by atoms with Crippen LogP contribution in [0.15, 0.2) is 0 Å². The molecule has 156 valence electrons. The molecule has 0 radical (unpaired) electrons. The zero-order valence-corrected chi connectivity index (χ0v) is 20.1. The Bertz CT molecular complexity index is 555. The zero-order chi connectivity index (χ0) is 21.2. The third-order valence-electron chi connectivity index (χ3n) is 3.75. The monoisotopic (exact) mass is 513 g/mol. The average Bonchev–Trinajstić information content (AvgIpc) is 3.19. The maximum absolute atomic E-state index is 12.9. The van der Waals surface area contributed by atoms with Crippen molar-refractivity contribution in [2.24, 2.45) is 5.92 Å². The van der Waals surface area contributed by atoms with Crippen molar-refractivity contribution in [3.63, 3.8) is 0 Å². The van der Waals surface area contributed by atoms with Crippen LogP contribution < -0.4 is 0 Å². The van der Waals surface area contributed by atoms with E-state index in [2.05, 4.69) is 31.9 Å². The molecule has 0 aromatic carbocycles. The average molecular weight is 515 g/mol. The molecule has 2 amide bonds. The molecule has 9 heteroatoms. The van der Waals surface area contributed by atoms with Crippen molar-refractivity contribution < 1.29 is 28.6 Å². The van der Waals surface area contributed by atoms with Gasteiger partial charge in [-0.05, 0) is 54.9 Å². The normalized spacial score (nSPS) is 23.2. The molecule has 1 unspecified atom stereocenters. The Hall–Kier alpha value is -0.830. The summed E-state index contributed by atoms with van der Waals surface area (Å²) in [7, 11) is 0. The smallest absolute Gasteiger partial charge is 0.420 e. The maximum atomic E-state index is 12.9. The number of hydrogen-bond donors (Lipinski definition) is 0. The number of carbonyl (C=O) groups excluding carboxylic acids is 3. The molecule has 1 aliphatic carbocycles. The Morgan fingerprint density at radius 2 is 1.52 bits per heavy atom.